The number of phosphoric acid groups is 1. The van der Waals surface area contributed by atoms with E-state index in [1.165, 1.54) is 12.1 Å². The Kier molecular flexibility index (Phi) is 12.4. The third kappa shape index (κ3) is 13.5. The average molecular weight is 547 g/mol. The van der Waals surface area contributed by atoms with Gasteiger partial charge in [-0.2, -0.15) is 0 Å². The molecule has 5 N–H and O–H groups in total. The van der Waals surface area contributed by atoms with Crippen molar-refractivity contribution >= 4 is 25.7 Å². The second-order valence-electron chi connectivity index (χ2n) is 8.83. The summed E-state index contributed by atoms with van der Waals surface area (Å²) in [6.07, 6.45) is 0.598. The maximum Gasteiger partial charge on any atom is 0.524 e. The molecular weight excluding hydrogens is 511 g/mol. The van der Waals surface area contributed by atoms with Crippen LogP contribution in [0, 0.1) is 0 Å². The second-order valence-corrected chi connectivity index (χ2v) is 9.99. The van der Waals surface area contributed by atoms with Crippen LogP contribution >= 0.6 is 7.82 Å². The minimum atomic E-state index is -4.64. The van der Waals surface area contributed by atoms with Crippen LogP contribution < -0.4 is 4.52 Å². The molecule has 208 valence electrons. The van der Waals surface area contributed by atoms with Crippen LogP contribution in [0.1, 0.15) is 5.56 Å². The Balaban J connectivity index is 2.09. The molecule has 0 saturated carbocycles. The zero-order valence-corrected chi connectivity index (χ0v) is 21.4. The molecule has 14 nitrogen and oxygen atoms in total. The molecular formula is C22H35N4O10P. The van der Waals surface area contributed by atoms with Crippen LogP contribution in [0.5, 0.6) is 5.75 Å². The van der Waals surface area contributed by atoms with Crippen molar-refractivity contribution in [1.29, 1.82) is 0 Å². The zero-order valence-electron chi connectivity index (χ0n) is 20.5. The predicted molar refractivity (Wildman–Crippen MR) is 131 cm³/mol. The Bertz CT molecular complexity index is 910. The maximum absolute atomic E-state index is 11.4. The first-order chi connectivity index (χ1) is 17.4. The largest absolute Gasteiger partial charge is 0.524 e. The number of phosphoric ester groups is 1. The Morgan fingerprint density at radius 2 is 1.03 bits per heavy atom. The molecule has 1 aromatic rings. The fraction of sp³-hybridized carbons (Fsp3) is 0.591. The molecule has 1 fully saturated rings. The smallest absolute Gasteiger partial charge is 0.480 e. The molecule has 0 atom stereocenters. The van der Waals surface area contributed by atoms with Crippen LogP contribution in [0.25, 0.3) is 0 Å². The molecule has 37 heavy (non-hydrogen) atoms. The summed E-state index contributed by atoms with van der Waals surface area (Å²) in [6.45, 7) is 3.30. The molecule has 1 aliphatic rings. The van der Waals surface area contributed by atoms with E-state index < -0.39 is 25.7 Å². The standard InChI is InChI=1S/C22H35N4O10P/c27-20(28)15-24-9-7-23(6-5-18-1-3-19(4-2-18)36-37(33,34)35)8-10-25(16-21(29)30)12-14-26(13-11-24)17-22(31)32/h1-4H,5-17H2,(H,27,28)(H,29,30)(H,31,32)(H2,33,34,35). The molecule has 0 radical (unpaired) electrons. The molecule has 0 amide bonds. The van der Waals surface area contributed by atoms with Crippen LogP contribution in [0.4, 0.5) is 0 Å². The van der Waals surface area contributed by atoms with E-state index in [1.807, 2.05) is 0 Å². The molecule has 0 aliphatic carbocycles. The highest BCUT2D eigenvalue weighted by atomic mass is 31.2. The van der Waals surface area contributed by atoms with E-state index in [0.717, 1.165) is 5.56 Å². The van der Waals surface area contributed by atoms with E-state index in [0.29, 0.717) is 65.3 Å². The first-order valence-electron chi connectivity index (χ1n) is 11.8. The minimum Gasteiger partial charge on any atom is -0.480 e. The molecule has 0 spiro atoms. The highest BCUT2D eigenvalue weighted by Gasteiger charge is 2.20. The van der Waals surface area contributed by atoms with Crippen LogP contribution in [-0.4, -0.2) is 141 Å². The van der Waals surface area contributed by atoms with Crippen molar-refractivity contribution in [2.45, 2.75) is 6.42 Å². The predicted octanol–water partition coefficient (Wildman–Crippen LogP) is -0.824. The van der Waals surface area contributed by atoms with Gasteiger partial charge in [-0.05, 0) is 24.1 Å². The number of carbonyl (C=O) groups is 3. The molecule has 0 bridgehead atoms. The van der Waals surface area contributed by atoms with Gasteiger partial charge < -0.3 is 24.7 Å². The molecule has 1 aromatic carbocycles. The lowest BCUT2D eigenvalue weighted by Crippen LogP contribution is -2.48. The summed E-state index contributed by atoms with van der Waals surface area (Å²) in [5.41, 5.74) is 0.901. The van der Waals surface area contributed by atoms with Gasteiger partial charge in [0.2, 0.25) is 0 Å². The molecule has 1 aliphatic heterocycles. The highest BCUT2D eigenvalue weighted by Crippen LogP contribution is 2.37. The topological polar surface area (TPSA) is 192 Å². The Morgan fingerprint density at radius 3 is 1.35 bits per heavy atom. The highest BCUT2D eigenvalue weighted by molar-refractivity contribution is 7.46. The molecule has 0 aromatic heterocycles. The number of carboxylic acids is 3. The van der Waals surface area contributed by atoms with Crippen molar-refractivity contribution in [1.82, 2.24) is 19.6 Å². The monoisotopic (exact) mass is 546 g/mol. The summed E-state index contributed by atoms with van der Waals surface area (Å²) >= 11 is 0. The number of rotatable bonds is 11. The van der Waals surface area contributed by atoms with Crippen LogP contribution in [0.15, 0.2) is 24.3 Å². The van der Waals surface area contributed by atoms with E-state index in [4.69, 9.17) is 9.79 Å². The fourth-order valence-corrected chi connectivity index (χ4v) is 4.39. The van der Waals surface area contributed by atoms with Gasteiger partial charge in [-0.3, -0.25) is 38.9 Å². The number of hydrogen-bond acceptors (Lipinski definition) is 9. The second kappa shape index (κ2) is 15.0. The molecule has 0 unspecified atom stereocenters. The van der Waals surface area contributed by atoms with Gasteiger partial charge in [0.25, 0.3) is 0 Å². The van der Waals surface area contributed by atoms with E-state index in [9.17, 15) is 34.3 Å². The number of nitrogens with zero attached hydrogens (tertiary/aromatic N) is 4. The summed E-state index contributed by atoms with van der Waals surface area (Å²) in [4.78, 5) is 59.2. The number of carboxylic acid groups (broad SMARTS) is 3. The Labute approximate surface area is 214 Å². The minimum absolute atomic E-state index is 0.0500. The van der Waals surface area contributed by atoms with Crippen LogP contribution in [0.3, 0.4) is 0 Å². The first-order valence-corrected chi connectivity index (χ1v) is 13.3. The summed E-state index contributed by atoms with van der Waals surface area (Å²) < 4.78 is 15.5. The van der Waals surface area contributed by atoms with Gasteiger partial charge in [0.1, 0.15) is 5.75 Å². The number of hydrogen-bond donors (Lipinski definition) is 5. The molecule has 1 saturated heterocycles. The van der Waals surface area contributed by atoms with Gasteiger partial charge in [0.05, 0.1) is 19.6 Å². The third-order valence-corrected chi connectivity index (χ3v) is 6.32. The molecule has 2 rings (SSSR count). The zero-order chi connectivity index (χ0) is 27.4. The third-order valence-electron chi connectivity index (χ3n) is 5.87. The van der Waals surface area contributed by atoms with Gasteiger partial charge in [0.15, 0.2) is 0 Å². The van der Waals surface area contributed by atoms with Crippen molar-refractivity contribution in [3.05, 3.63) is 29.8 Å². The van der Waals surface area contributed by atoms with Crippen molar-refractivity contribution < 1.29 is 48.6 Å². The van der Waals surface area contributed by atoms with Gasteiger partial charge in [-0.1, -0.05) is 12.1 Å². The van der Waals surface area contributed by atoms with Gasteiger partial charge in [-0.25, -0.2) is 4.57 Å². The van der Waals surface area contributed by atoms with Crippen molar-refractivity contribution in [3.63, 3.8) is 0 Å². The van der Waals surface area contributed by atoms with Gasteiger partial charge >= 0.3 is 25.7 Å². The molecule has 1 heterocycles. The van der Waals surface area contributed by atoms with E-state index >= 15 is 0 Å². The normalized spacial score (nSPS) is 18.0. The first kappa shape index (κ1) is 30.6. The van der Waals surface area contributed by atoms with E-state index in [1.54, 1.807) is 26.8 Å². The maximum atomic E-state index is 11.4. The fourth-order valence-electron chi connectivity index (χ4n) is 3.99. The Hall–Kier alpha value is -2.58. The Morgan fingerprint density at radius 1 is 0.676 bits per heavy atom. The van der Waals surface area contributed by atoms with Crippen LogP contribution in [0.2, 0.25) is 0 Å². The lowest BCUT2D eigenvalue weighted by Gasteiger charge is -2.33. The van der Waals surface area contributed by atoms with Gasteiger partial charge in [0, 0.05) is 58.9 Å². The summed E-state index contributed by atoms with van der Waals surface area (Å²) in [7, 11) is -4.64. The van der Waals surface area contributed by atoms with Crippen LogP contribution in [-0.2, 0) is 25.4 Å². The number of benzene rings is 1. The molecule has 15 heteroatoms. The summed E-state index contributed by atoms with van der Waals surface area (Å²) in [5.74, 6) is -2.91. The lowest BCUT2D eigenvalue weighted by molar-refractivity contribution is -0.140. The number of aliphatic carboxylic acids is 3. The SMILES string of the molecule is O=C(O)CN1CCN(CCc2ccc(OP(=O)(O)O)cc2)CCN(CC(=O)O)CCN(CC(=O)O)CC1. The van der Waals surface area contributed by atoms with Crippen molar-refractivity contribution in [2.75, 3.05) is 78.5 Å². The van der Waals surface area contributed by atoms with E-state index in [-0.39, 0.29) is 25.4 Å². The summed E-state index contributed by atoms with van der Waals surface area (Å²) in [6, 6.07) is 6.34. The average Bonchev–Trinajstić information content (AvgIpc) is 2.77. The quantitative estimate of drug-likeness (QED) is 0.216. The van der Waals surface area contributed by atoms with Crippen molar-refractivity contribution in [3.8, 4) is 5.75 Å². The summed E-state index contributed by atoms with van der Waals surface area (Å²) in [5, 5.41) is 27.8. The van der Waals surface area contributed by atoms with E-state index in [2.05, 4.69) is 9.42 Å². The van der Waals surface area contributed by atoms with Gasteiger partial charge in [-0.15, -0.1) is 0 Å². The lowest BCUT2D eigenvalue weighted by atomic mass is 10.1. The van der Waals surface area contributed by atoms with Crippen molar-refractivity contribution in [2.24, 2.45) is 0 Å².